The zero-order chi connectivity index (χ0) is 14.2. The topological polar surface area (TPSA) is 49.8 Å². The quantitative estimate of drug-likeness (QED) is 0.727. The van der Waals surface area contributed by atoms with Crippen LogP contribution in [0, 0.1) is 5.41 Å². The third kappa shape index (κ3) is 3.38. The molecule has 1 rings (SSSR count). The number of hydrogen-bond acceptors (Lipinski definition) is 3. The van der Waals surface area contributed by atoms with Gasteiger partial charge in [0.05, 0.1) is 6.61 Å². The highest BCUT2D eigenvalue weighted by Gasteiger charge is 2.37. The molecule has 1 atom stereocenters. The van der Waals surface area contributed by atoms with Crippen molar-refractivity contribution in [3.8, 4) is 0 Å². The van der Waals surface area contributed by atoms with E-state index < -0.39 is 30.6 Å². The van der Waals surface area contributed by atoms with Crippen LogP contribution in [0.5, 0.6) is 0 Å². The van der Waals surface area contributed by atoms with Crippen LogP contribution >= 0.6 is 0 Å². The van der Waals surface area contributed by atoms with Crippen molar-refractivity contribution in [3.05, 3.63) is 0 Å². The number of rotatable bonds is 1. The van der Waals surface area contributed by atoms with Crippen LogP contribution in [0.15, 0.2) is 0 Å². The number of carbonyl (C=O) groups excluding carboxylic acids is 1. The van der Waals surface area contributed by atoms with Gasteiger partial charge in [-0.1, -0.05) is 6.85 Å². The molecular formula is C11H21NO3. The van der Waals surface area contributed by atoms with Crippen LogP contribution in [0.4, 0.5) is 4.79 Å². The van der Waals surface area contributed by atoms with Crippen LogP contribution in [0.1, 0.15) is 38.2 Å². The van der Waals surface area contributed by atoms with Crippen molar-refractivity contribution in [2.75, 3.05) is 19.7 Å². The molecule has 1 saturated heterocycles. The lowest BCUT2D eigenvalue weighted by Crippen LogP contribution is -2.37. The zero-order valence-corrected chi connectivity index (χ0v) is 9.54. The maximum Gasteiger partial charge on any atom is 0.410 e. The van der Waals surface area contributed by atoms with Crippen molar-refractivity contribution in [2.45, 2.75) is 39.6 Å². The Kier molecular flexibility index (Phi) is 2.24. The maximum atomic E-state index is 11.8. The van der Waals surface area contributed by atoms with Crippen molar-refractivity contribution in [2.24, 2.45) is 5.41 Å². The monoisotopic (exact) mass is 218 g/mol. The fourth-order valence-corrected chi connectivity index (χ4v) is 1.48. The Morgan fingerprint density at radius 2 is 2.33 bits per heavy atom. The summed E-state index contributed by atoms with van der Waals surface area (Å²) in [5.74, 6) is 0. The zero-order valence-electron chi connectivity index (χ0n) is 12.5. The van der Waals surface area contributed by atoms with E-state index in [4.69, 9.17) is 8.85 Å². The first-order valence-electron chi connectivity index (χ1n) is 6.60. The average Bonchev–Trinajstić information content (AvgIpc) is 2.59. The van der Waals surface area contributed by atoms with E-state index in [9.17, 15) is 9.90 Å². The average molecular weight is 218 g/mol. The van der Waals surface area contributed by atoms with E-state index in [2.05, 4.69) is 0 Å². The molecule has 1 N–H and O–H groups in total. The highest BCUT2D eigenvalue weighted by molar-refractivity contribution is 5.68. The third-order valence-corrected chi connectivity index (χ3v) is 2.31. The molecule has 0 spiro atoms. The fraction of sp³-hybridized carbons (Fsp3) is 0.909. The van der Waals surface area contributed by atoms with E-state index in [0.29, 0.717) is 6.54 Å². The van der Waals surface area contributed by atoms with Gasteiger partial charge in [-0.15, -0.1) is 0 Å². The van der Waals surface area contributed by atoms with Crippen molar-refractivity contribution >= 4 is 6.09 Å². The van der Waals surface area contributed by atoms with Gasteiger partial charge >= 0.3 is 6.09 Å². The molecule has 0 radical (unpaired) electrons. The number of amides is 1. The van der Waals surface area contributed by atoms with Gasteiger partial charge in [-0.2, -0.15) is 0 Å². The Labute approximate surface area is 95.4 Å². The molecule has 1 aliphatic rings. The van der Waals surface area contributed by atoms with Crippen LogP contribution in [-0.4, -0.2) is 41.4 Å². The van der Waals surface area contributed by atoms with Crippen LogP contribution < -0.4 is 0 Å². The Morgan fingerprint density at radius 1 is 1.67 bits per heavy atom. The van der Waals surface area contributed by atoms with E-state index in [-0.39, 0.29) is 13.0 Å². The van der Waals surface area contributed by atoms with Crippen LogP contribution in [0.3, 0.4) is 0 Å². The smallest absolute Gasteiger partial charge is 0.410 e. The van der Waals surface area contributed by atoms with Gasteiger partial charge in [0.15, 0.2) is 0 Å². The molecule has 0 aromatic heterocycles. The molecule has 0 aromatic rings. The summed E-state index contributed by atoms with van der Waals surface area (Å²) in [6.07, 6.45) is -0.263. The standard InChI is InChI=1S/C11H21NO3/c1-10(2,3)15-9(14)12-6-5-11(4,7-12)8-13/h13H,5-8H2,1-4H3/i4D3. The molecule has 0 aliphatic carbocycles. The number of aliphatic hydroxyl groups is 1. The second-order valence-corrected chi connectivity index (χ2v) is 5.09. The van der Waals surface area contributed by atoms with Gasteiger partial charge in [-0.05, 0) is 27.2 Å². The highest BCUT2D eigenvalue weighted by Crippen LogP contribution is 2.29. The van der Waals surface area contributed by atoms with Crippen molar-refractivity contribution in [1.82, 2.24) is 4.90 Å². The van der Waals surface area contributed by atoms with E-state index in [1.807, 2.05) is 0 Å². The minimum atomic E-state index is -2.28. The molecule has 15 heavy (non-hydrogen) atoms. The summed E-state index contributed by atoms with van der Waals surface area (Å²) in [7, 11) is 0. The van der Waals surface area contributed by atoms with E-state index in [0.717, 1.165) is 0 Å². The first-order chi connectivity index (χ1) is 8.01. The van der Waals surface area contributed by atoms with Gasteiger partial charge in [-0.25, -0.2) is 4.79 Å². The molecule has 0 saturated carbocycles. The predicted molar refractivity (Wildman–Crippen MR) is 57.6 cm³/mol. The Morgan fingerprint density at radius 3 is 2.73 bits per heavy atom. The van der Waals surface area contributed by atoms with Gasteiger partial charge in [0.1, 0.15) is 5.60 Å². The summed E-state index contributed by atoms with van der Waals surface area (Å²) in [5, 5.41) is 9.35. The van der Waals surface area contributed by atoms with Gasteiger partial charge in [0.25, 0.3) is 0 Å². The number of aliphatic hydroxyl groups excluding tert-OH is 1. The molecule has 1 unspecified atom stereocenters. The summed E-state index contributed by atoms with van der Waals surface area (Å²) in [6.45, 7) is 2.84. The number of likely N-dealkylation sites (tertiary alicyclic amines) is 1. The first kappa shape index (κ1) is 8.39. The summed E-state index contributed by atoms with van der Waals surface area (Å²) < 4.78 is 27.6. The van der Waals surface area contributed by atoms with Crippen LogP contribution in [-0.2, 0) is 4.74 Å². The minimum Gasteiger partial charge on any atom is -0.444 e. The SMILES string of the molecule is [2H]C([2H])([2H])C1(CO)CCN(C(=O)OC(C)(C)C)C1. The predicted octanol–water partition coefficient (Wildman–Crippen LogP) is 1.63. The Hall–Kier alpha value is -0.770. The molecule has 4 heteroatoms. The molecule has 1 aliphatic heterocycles. The Balaban J connectivity index is 2.74. The van der Waals surface area contributed by atoms with Gasteiger partial charge in [0, 0.05) is 22.6 Å². The number of ether oxygens (including phenoxy) is 1. The lowest BCUT2D eigenvalue weighted by molar-refractivity contribution is 0.0261. The lowest BCUT2D eigenvalue weighted by Gasteiger charge is -2.26. The summed E-state index contributed by atoms with van der Waals surface area (Å²) >= 11 is 0. The maximum absolute atomic E-state index is 11.8. The number of carbonyl (C=O) groups is 1. The number of hydrogen-bond donors (Lipinski definition) is 1. The second kappa shape index (κ2) is 4.00. The minimum absolute atomic E-state index is 0.00884. The molecule has 0 bridgehead atoms. The Bertz CT molecular complexity index is 324. The van der Waals surface area contributed by atoms with Crippen LogP contribution in [0.25, 0.3) is 0 Å². The fourth-order valence-electron chi connectivity index (χ4n) is 1.48. The molecule has 1 heterocycles. The van der Waals surface area contributed by atoms with Gasteiger partial charge in [-0.3, -0.25) is 0 Å². The molecule has 1 amide bonds. The summed E-state index contributed by atoms with van der Waals surface area (Å²) in [4.78, 5) is 13.2. The summed E-state index contributed by atoms with van der Waals surface area (Å²) in [5.41, 5.74) is -1.83. The third-order valence-electron chi connectivity index (χ3n) is 2.31. The van der Waals surface area contributed by atoms with E-state index >= 15 is 0 Å². The van der Waals surface area contributed by atoms with E-state index in [1.54, 1.807) is 20.8 Å². The van der Waals surface area contributed by atoms with E-state index in [1.165, 1.54) is 4.90 Å². The van der Waals surface area contributed by atoms with Crippen LogP contribution in [0.2, 0.25) is 0 Å². The van der Waals surface area contributed by atoms with Crippen molar-refractivity contribution < 1.29 is 18.8 Å². The molecular weight excluding hydrogens is 194 g/mol. The molecule has 0 aromatic carbocycles. The normalized spacial score (nSPS) is 30.7. The van der Waals surface area contributed by atoms with Crippen molar-refractivity contribution in [3.63, 3.8) is 0 Å². The largest absolute Gasteiger partial charge is 0.444 e. The molecule has 1 fully saturated rings. The second-order valence-electron chi connectivity index (χ2n) is 5.09. The van der Waals surface area contributed by atoms with Gasteiger partial charge < -0.3 is 14.7 Å². The van der Waals surface area contributed by atoms with Gasteiger partial charge in [0.2, 0.25) is 0 Å². The molecule has 4 nitrogen and oxygen atoms in total. The first-order valence-corrected chi connectivity index (χ1v) is 5.10. The van der Waals surface area contributed by atoms with Crippen molar-refractivity contribution in [1.29, 1.82) is 0 Å². The number of nitrogens with zero attached hydrogens (tertiary/aromatic N) is 1. The highest BCUT2D eigenvalue weighted by atomic mass is 16.6. The lowest BCUT2D eigenvalue weighted by atomic mass is 9.91. The molecule has 88 valence electrons. The summed E-state index contributed by atoms with van der Waals surface area (Å²) in [6, 6.07) is 0.